The smallest absolute Gasteiger partial charge is 0.370 e. The first-order chi connectivity index (χ1) is 11.2. The normalized spacial score (nSPS) is 14.5. The van der Waals surface area contributed by atoms with Gasteiger partial charge in [0, 0.05) is 12.6 Å². The molecule has 4 nitrogen and oxygen atoms in total. The lowest BCUT2D eigenvalue weighted by atomic mass is 10.1. The van der Waals surface area contributed by atoms with Gasteiger partial charge in [-0.25, -0.2) is 0 Å². The molecular formula is C17H25F3N2O2. The van der Waals surface area contributed by atoms with E-state index in [9.17, 15) is 18.0 Å². The topological polar surface area (TPSA) is 41.6 Å². The third kappa shape index (κ3) is 7.79. The van der Waals surface area contributed by atoms with Crippen LogP contribution in [0.25, 0.3) is 0 Å². The third-order valence-electron chi connectivity index (χ3n) is 3.52. The molecule has 0 saturated heterocycles. The molecule has 0 heterocycles. The van der Waals surface area contributed by atoms with Crippen molar-refractivity contribution in [3.8, 4) is 0 Å². The monoisotopic (exact) mass is 346 g/mol. The standard InChI is InChI=1S/C17H25F3N2O2/c1-4-15(22(3)10-14-8-6-5-7-9-14)16(23)21-13(2)11-24-12-17(18,19)20/h5-9,13,15H,4,10-12H2,1-3H3,(H,21,23)/t13-,15-/m0/s1. The highest BCUT2D eigenvalue weighted by molar-refractivity contribution is 5.81. The minimum Gasteiger partial charge on any atom is -0.370 e. The predicted octanol–water partition coefficient (Wildman–Crippen LogP) is 2.98. The zero-order valence-electron chi connectivity index (χ0n) is 14.3. The number of likely N-dealkylation sites (N-methyl/N-ethyl adjacent to an activating group) is 1. The Balaban J connectivity index is 2.47. The maximum Gasteiger partial charge on any atom is 0.411 e. The first kappa shape index (κ1) is 20.4. The molecule has 1 rings (SSSR count). The fourth-order valence-electron chi connectivity index (χ4n) is 2.41. The van der Waals surface area contributed by atoms with E-state index in [2.05, 4.69) is 10.1 Å². The highest BCUT2D eigenvalue weighted by Gasteiger charge is 2.28. The molecule has 0 bridgehead atoms. The largest absolute Gasteiger partial charge is 0.411 e. The van der Waals surface area contributed by atoms with Gasteiger partial charge in [0.15, 0.2) is 0 Å². The second kappa shape index (κ2) is 9.64. The van der Waals surface area contributed by atoms with Crippen LogP contribution in [-0.2, 0) is 16.1 Å². The molecule has 0 aliphatic rings. The van der Waals surface area contributed by atoms with Crippen LogP contribution in [0.3, 0.4) is 0 Å². The van der Waals surface area contributed by atoms with Gasteiger partial charge in [0.1, 0.15) is 6.61 Å². The van der Waals surface area contributed by atoms with E-state index >= 15 is 0 Å². The second-order valence-electron chi connectivity index (χ2n) is 5.86. The Hall–Kier alpha value is -1.60. The van der Waals surface area contributed by atoms with Gasteiger partial charge in [-0.3, -0.25) is 9.69 Å². The van der Waals surface area contributed by atoms with Gasteiger partial charge < -0.3 is 10.1 Å². The molecule has 0 aliphatic heterocycles. The number of amides is 1. The molecule has 24 heavy (non-hydrogen) atoms. The molecule has 0 aliphatic carbocycles. The fraction of sp³-hybridized carbons (Fsp3) is 0.588. The van der Waals surface area contributed by atoms with Crippen molar-refractivity contribution in [2.45, 2.75) is 45.1 Å². The van der Waals surface area contributed by atoms with E-state index in [0.29, 0.717) is 13.0 Å². The number of carbonyl (C=O) groups is 1. The van der Waals surface area contributed by atoms with E-state index in [1.807, 2.05) is 49.2 Å². The quantitative estimate of drug-likeness (QED) is 0.747. The summed E-state index contributed by atoms with van der Waals surface area (Å²) in [5, 5.41) is 2.71. The number of halogens is 3. The SMILES string of the molecule is CC[C@@H](C(=O)N[C@@H](C)COCC(F)(F)F)N(C)Cc1ccccc1. The molecule has 0 spiro atoms. The third-order valence-corrected chi connectivity index (χ3v) is 3.52. The second-order valence-corrected chi connectivity index (χ2v) is 5.86. The molecule has 2 atom stereocenters. The van der Waals surface area contributed by atoms with Crippen LogP contribution < -0.4 is 5.32 Å². The first-order valence-corrected chi connectivity index (χ1v) is 7.92. The molecule has 1 N–H and O–H groups in total. The van der Waals surface area contributed by atoms with Crippen LogP contribution in [0.2, 0.25) is 0 Å². The molecule has 1 aromatic carbocycles. The van der Waals surface area contributed by atoms with E-state index in [1.165, 1.54) is 0 Å². The number of hydrogen-bond donors (Lipinski definition) is 1. The molecule has 0 saturated carbocycles. The van der Waals surface area contributed by atoms with Gasteiger partial charge in [-0.1, -0.05) is 37.3 Å². The van der Waals surface area contributed by atoms with Crippen LogP contribution in [-0.4, -0.2) is 49.3 Å². The summed E-state index contributed by atoms with van der Waals surface area (Å²) in [6, 6.07) is 8.92. The van der Waals surface area contributed by atoms with Crippen LogP contribution in [0.4, 0.5) is 13.2 Å². The zero-order chi connectivity index (χ0) is 18.2. The summed E-state index contributed by atoms with van der Waals surface area (Å²) in [5.41, 5.74) is 1.09. The van der Waals surface area contributed by atoms with Crippen LogP contribution >= 0.6 is 0 Å². The molecular weight excluding hydrogens is 321 g/mol. The maximum atomic E-state index is 12.3. The van der Waals surface area contributed by atoms with Gasteiger partial charge in [0.05, 0.1) is 12.6 Å². The zero-order valence-corrected chi connectivity index (χ0v) is 14.3. The van der Waals surface area contributed by atoms with Crippen molar-refractivity contribution < 1.29 is 22.7 Å². The van der Waals surface area contributed by atoms with E-state index < -0.39 is 18.8 Å². The minimum atomic E-state index is -4.36. The average molecular weight is 346 g/mol. The average Bonchev–Trinajstić information content (AvgIpc) is 2.47. The van der Waals surface area contributed by atoms with E-state index in [0.717, 1.165) is 5.56 Å². The van der Waals surface area contributed by atoms with Gasteiger partial charge in [0.25, 0.3) is 0 Å². The van der Waals surface area contributed by atoms with Gasteiger partial charge in [0.2, 0.25) is 5.91 Å². The summed E-state index contributed by atoms with van der Waals surface area (Å²) in [6.07, 6.45) is -3.75. The number of nitrogens with one attached hydrogen (secondary N) is 1. The van der Waals surface area contributed by atoms with Crippen molar-refractivity contribution in [1.82, 2.24) is 10.2 Å². The Morgan fingerprint density at radius 1 is 1.29 bits per heavy atom. The highest BCUT2D eigenvalue weighted by Crippen LogP contribution is 2.14. The Bertz CT molecular complexity index is 494. The Morgan fingerprint density at radius 3 is 2.46 bits per heavy atom. The summed E-state index contributed by atoms with van der Waals surface area (Å²) in [6.45, 7) is 2.66. The van der Waals surface area contributed by atoms with Crippen LogP contribution in [0.5, 0.6) is 0 Å². The number of ether oxygens (including phenoxy) is 1. The van der Waals surface area contributed by atoms with E-state index in [4.69, 9.17) is 0 Å². The van der Waals surface area contributed by atoms with Gasteiger partial charge in [-0.15, -0.1) is 0 Å². The Kier molecular flexibility index (Phi) is 8.21. The van der Waals surface area contributed by atoms with Crippen molar-refractivity contribution in [3.05, 3.63) is 35.9 Å². The molecule has 136 valence electrons. The number of benzene rings is 1. The van der Waals surface area contributed by atoms with Gasteiger partial charge in [-0.2, -0.15) is 13.2 Å². The van der Waals surface area contributed by atoms with Crippen molar-refractivity contribution in [1.29, 1.82) is 0 Å². The maximum absolute atomic E-state index is 12.3. The fourth-order valence-corrected chi connectivity index (χ4v) is 2.41. The molecule has 0 unspecified atom stereocenters. The van der Waals surface area contributed by atoms with Crippen molar-refractivity contribution >= 4 is 5.91 Å². The molecule has 0 fully saturated rings. The number of rotatable bonds is 9. The minimum absolute atomic E-state index is 0.177. The number of hydrogen-bond acceptors (Lipinski definition) is 3. The lowest BCUT2D eigenvalue weighted by molar-refractivity contribution is -0.175. The molecule has 0 radical (unpaired) electrons. The predicted molar refractivity (Wildman–Crippen MR) is 86.5 cm³/mol. The summed E-state index contributed by atoms with van der Waals surface area (Å²) >= 11 is 0. The Labute approximate surface area is 141 Å². The van der Waals surface area contributed by atoms with E-state index in [1.54, 1.807) is 6.92 Å². The lowest BCUT2D eigenvalue weighted by Gasteiger charge is -2.27. The van der Waals surface area contributed by atoms with Crippen molar-refractivity contribution in [3.63, 3.8) is 0 Å². The van der Waals surface area contributed by atoms with Crippen LogP contribution in [0, 0.1) is 0 Å². The van der Waals surface area contributed by atoms with Gasteiger partial charge >= 0.3 is 6.18 Å². The van der Waals surface area contributed by atoms with E-state index in [-0.39, 0.29) is 18.6 Å². The first-order valence-electron chi connectivity index (χ1n) is 7.92. The Morgan fingerprint density at radius 2 is 1.92 bits per heavy atom. The summed E-state index contributed by atoms with van der Waals surface area (Å²) in [4.78, 5) is 14.3. The summed E-state index contributed by atoms with van der Waals surface area (Å²) in [5.74, 6) is -0.209. The highest BCUT2D eigenvalue weighted by atomic mass is 19.4. The number of alkyl halides is 3. The van der Waals surface area contributed by atoms with Gasteiger partial charge in [-0.05, 0) is 26.0 Å². The molecule has 0 aromatic heterocycles. The number of carbonyl (C=O) groups excluding carboxylic acids is 1. The van der Waals surface area contributed by atoms with Crippen LogP contribution in [0.1, 0.15) is 25.8 Å². The summed E-state index contributed by atoms with van der Waals surface area (Å²) in [7, 11) is 1.85. The molecule has 1 amide bonds. The van der Waals surface area contributed by atoms with Crippen molar-refractivity contribution in [2.75, 3.05) is 20.3 Å². The lowest BCUT2D eigenvalue weighted by Crippen LogP contribution is -2.48. The number of nitrogens with zero attached hydrogens (tertiary/aromatic N) is 1. The van der Waals surface area contributed by atoms with Crippen LogP contribution in [0.15, 0.2) is 30.3 Å². The molecule has 1 aromatic rings. The van der Waals surface area contributed by atoms with Crippen molar-refractivity contribution in [2.24, 2.45) is 0 Å². The summed E-state index contributed by atoms with van der Waals surface area (Å²) < 4.78 is 40.7. The molecule has 7 heteroatoms.